The van der Waals surface area contributed by atoms with Gasteiger partial charge in [-0.15, -0.1) is 0 Å². The highest BCUT2D eigenvalue weighted by molar-refractivity contribution is 6.23. The molecule has 0 unspecified atom stereocenters. The third-order valence-corrected chi connectivity index (χ3v) is 10.4. The van der Waals surface area contributed by atoms with Crippen molar-refractivity contribution < 1.29 is 4.42 Å². The fraction of sp³-hybridized carbons (Fsp3) is 0. The zero-order valence-corrected chi connectivity index (χ0v) is 29.0. The first-order chi connectivity index (χ1) is 26.8. The fourth-order valence-corrected chi connectivity index (χ4v) is 7.96. The normalized spacial score (nSPS) is 11.7. The molecule has 11 rings (SSSR count). The lowest BCUT2D eigenvalue weighted by atomic mass is 10.0. The molecule has 0 amide bonds. The summed E-state index contributed by atoms with van der Waals surface area (Å²) < 4.78 is 9.25. The van der Waals surface area contributed by atoms with Crippen LogP contribution >= 0.6 is 0 Å². The minimum atomic E-state index is 0.554. The third-order valence-electron chi connectivity index (χ3n) is 10.4. The lowest BCUT2D eigenvalue weighted by Crippen LogP contribution is -2.01. The molecular formula is C49H30N4O. The lowest BCUT2D eigenvalue weighted by Gasteiger charge is -2.13. The van der Waals surface area contributed by atoms with Crippen LogP contribution in [0, 0.1) is 0 Å². The van der Waals surface area contributed by atoms with Crippen molar-refractivity contribution in [3.8, 4) is 51.0 Å². The Labute approximate surface area is 310 Å². The predicted octanol–water partition coefficient (Wildman–Crippen LogP) is 12.7. The molecule has 0 fully saturated rings. The molecule has 0 aliphatic carbocycles. The number of aromatic nitrogens is 4. The van der Waals surface area contributed by atoms with Gasteiger partial charge in [-0.2, -0.15) is 0 Å². The Kier molecular flexibility index (Phi) is 6.79. The zero-order chi connectivity index (χ0) is 35.6. The Morgan fingerprint density at radius 3 is 1.72 bits per heavy atom. The molecule has 0 aliphatic heterocycles. The number of hydrogen-bond donors (Lipinski definition) is 0. The number of rotatable bonds is 5. The number of benzene rings is 8. The van der Waals surface area contributed by atoms with Crippen LogP contribution in [-0.2, 0) is 0 Å². The van der Waals surface area contributed by atoms with Gasteiger partial charge in [-0.3, -0.25) is 0 Å². The molecule has 0 saturated carbocycles. The highest BCUT2D eigenvalue weighted by Gasteiger charge is 2.23. The molecule has 0 atom stereocenters. The summed E-state index contributed by atoms with van der Waals surface area (Å²) in [5, 5.41) is 6.89. The van der Waals surface area contributed by atoms with Crippen molar-refractivity contribution in [2.75, 3.05) is 0 Å². The van der Waals surface area contributed by atoms with Gasteiger partial charge in [0, 0.05) is 27.3 Å². The first-order valence-corrected chi connectivity index (χ1v) is 18.1. The summed E-state index contributed by atoms with van der Waals surface area (Å²) in [5.41, 5.74) is 9.79. The van der Waals surface area contributed by atoms with E-state index in [-0.39, 0.29) is 0 Å². The second-order valence-corrected chi connectivity index (χ2v) is 13.6. The van der Waals surface area contributed by atoms with Crippen LogP contribution in [0.3, 0.4) is 0 Å². The summed E-state index contributed by atoms with van der Waals surface area (Å²) in [6.07, 6.45) is 0. The van der Waals surface area contributed by atoms with Gasteiger partial charge < -0.3 is 8.98 Å². The van der Waals surface area contributed by atoms with Gasteiger partial charge in [0.2, 0.25) is 0 Å². The van der Waals surface area contributed by atoms with Crippen molar-refractivity contribution in [2.24, 2.45) is 0 Å². The van der Waals surface area contributed by atoms with Crippen molar-refractivity contribution in [1.29, 1.82) is 0 Å². The summed E-state index contributed by atoms with van der Waals surface area (Å²) in [4.78, 5) is 15.2. The molecule has 11 aromatic rings. The number of fused-ring (bicyclic) bond motifs is 8. The average molecular weight is 691 g/mol. The second-order valence-electron chi connectivity index (χ2n) is 13.6. The summed E-state index contributed by atoms with van der Waals surface area (Å²) in [6.45, 7) is 0. The molecule has 3 heterocycles. The number of nitrogens with zero attached hydrogens (tertiary/aromatic N) is 4. The van der Waals surface area contributed by atoms with Gasteiger partial charge in [-0.1, -0.05) is 152 Å². The van der Waals surface area contributed by atoms with Crippen LogP contribution in [0.5, 0.6) is 0 Å². The zero-order valence-electron chi connectivity index (χ0n) is 29.0. The van der Waals surface area contributed by atoms with E-state index in [9.17, 15) is 0 Å². The van der Waals surface area contributed by atoms with Crippen molar-refractivity contribution in [1.82, 2.24) is 19.5 Å². The fourth-order valence-electron chi connectivity index (χ4n) is 7.96. The summed E-state index contributed by atoms with van der Waals surface area (Å²) in [7, 11) is 0. The topological polar surface area (TPSA) is 56.7 Å². The monoisotopic (exact) mass is 690 g/mol. The van der Waals surface area contributed by atoms with E-state index in [2.05, 4.69) is 114 Å². The molecule has 0 spiro atoms. The van der Waals surface area contributed by atoms with Crippen LogP contribution in [0.4, 0.5) is 0 Å². The average Bonchev–Trinajstić information content (AvgIpc) is 3.80. The maximum absolute atomic E-state index is 6.84. The predicted molar refractivity (Wildman–Crippen MR) is 221 cm³/mol. The van der Waals surface area contributed by atoms with E-state index < -0.39 is 0 Å². The molecule has 3 aromatic heterocycles. The second kappa shape index (κ2) is 12.1. The highest BCUT2D eigenvalue weighted by Crippen LogP contribution is 2.44. The van der Waals surface area contributed by atoms with Gasteiger partial charge in [0.15, 0.2) is 17.5 Å². The summed E-state index contributed by atoms with van der Waals surface area (Å²) in [6, 6.07) is 63.3. The van der Waals surface area contributed by atoms with E-state index in [1.54, 1.807) is 0 Å². The minimum absolute atomic E-state index is 0.554. The number of hydrogen-bond acceptors (Lipinski definition) is 4. The standard InChI is InChI=1S/C49H30N4O/c1-4-14-31(15-5-1)35-24-26-37-42(30-35)53(40-28-25-32-16-10-11-21-36(32)44(37)40)41-29-27-39(46-45(41)38-22-12-13-23-43(38)54-46)49-51-47(33-17-6-2-7-18-33)50-48(52-49)34-19-8-3-9-20-34/h1-30H. The molecule has 0 aliphatic rings. The maximum Gasteiger partial charge on any atom is 0.167 e. The Balaban J connectivity index is 1.24. The number of para-hydroxylation sites is 1. The van der Waals surface area contributed by atoms with Crippen molar-refractivity contribution >= 4 is 54.5 Å². The molecule has 0 N–H and O–H groups in total. The van der Waals surface area contributed by atoms with E-state index >= 15 is 0 Å². The van der Waals surface area contributed by atoms with E-state index in [4.69, 9.17) is 19.4 Å². The Hall–Kier alpha value is -7.37. The smallest absolute Gasteiger partial charge is 0.167 e. The Morgan fingerprint density at radius 1 is 0.389 bits per heavy atom. The van der Waals surface area contributed by atoms with Crippen LogP contribution < -0.4 is 0 Å². The van der Waals surface area contributed by atoms with Gasteiger partial charge in [0.1, 0.15) is 11.2 Å². The van der Waals surface area contributed by atoms with Crippen molar-refractivity contribution in [3.63, 3.8) is 0 Å². The van der Waals surface area contributed by atoms with Crippen molar-refractivity contribution in [3.05, 3.63) is 182 Å². The van der Waals surface area contributed by atoms with Crippen molar-refractivity contribution in [2.45, 2.75) is 0 Å². The van der Waals surface area contributed by atoms with E-state index in [0.29, 0.717) is 17.5 Å². The quantitative estimate of drug-likeness (QED) is 0.180. The SMILES string of the molecule is c1ccc(-c2ccc3c4c5ccccc5ccc4n(-c4ccc(-c5nc(-c6ccccc6)nc(-c6ccccc6)n5)c5oc6ccccc6c45)c3c2)cc1. The third kappa shape index (κ3) is 4.76. The highest BCUT2D eigenvalue weighted by atomic mass is 16.3. The number of furan rings is 1. The van der Waals surface area contributed by atoms with Crippen LogP contribution in [0.1, 0.15) is 0 Å². The lowest BCUT2D eigenvalue weighted by molar-refractivity contribution is 0.669. The molecule has 0 saturated heterocycles. The van der Waals surface area contributed by atoms with Crippen LogP contribution in [0.25, 0.3) is 105 Å². The van der Waals surface area contributed by atoms with E-state index in [1.165, 1.54) is 27.1 Å². The Morgan fingerprint density at radius 2 is 1.00 bits per heavy atom. The molecule has 8 aromatic carbocycles. The van der Waals surface area contributed by atoms with E-state index in [1.807, 2.05) is 72.8 Å². The molecule has 54 heavy (non-hydrogen) atoms. The van der Waals surface area contributed by atoms with E-state index in [0.717, 1.165) is 60.9 Å². The summed E-state index contributed by atoms with van der Waals surface area (Å²) in [5.74, 6) is 1.77. The molecule has 252 valence electrons. The molecule has 5 nitrogen and oxygen atoms in total. The van der Waals surface area contributed by atoms with Crippen LogP contribution in [-0.4, -0.2) is 19.5 Å². The van der Waals surface area contributed by atoms with Gasteiger partial charge >= 0.3 is 0 Å². The molecule has 0 radical (unpaired) electrons. The van der Waals surface area contributed by atoms with Gasteiger partial charge in [-0.25, -0.2) is 15.0 Å². The molecule has 0 bridgehead atoms. The minimum Gasteiger partial charge on any atom is -0.455 e. The molecule has 5 heteroatoms. The summed E-state index contributed by atoms with van der Waals surface area (Å²) >= 11 is 0. The van der Waals surface area contributed by atoms with Gasteiger partial charge in [-0.05, 0) is 52.2 Å². The largest absolute Gasteiger partial charge is 0.455 e. The van der Waals surface area contributed by atoms with Crippen LogP contribution in [0.15, 0.2) is 186 Å². The first-order valence-electron chi connectivity index (χ1n) is 18.1. The van der Waals surface area contributed by atoms with Gasteiger partial charge in [0.05, 0.1) is 27.7 Å². The first kappa shape index (κ1) is 30.3. The maximum atomic E-state index is 6.84. The van der Waals surface area contributed by atoms with Crippen LogP contribution in [0.2, 0.25) is 0 Å². The Bertz CT molecular complexity index is 3140. The van der Waals surface area contributed by atoms with Gasteiger partial charge in [0.25, 0.3) is 0 Å². The molecular weight excluding hydrogens is 661 g/mol.